The molecule has 21 heavy (non-hydrogen) atoms. The maximum atomic E-state index is 6.36. The van der Waals surface area contributed by atoms with Crippen molar-refractivity contribution in [3.05, 3.63) is 39.5 Å². The fourth-order valence-corrected chi connectivity index (χ4v) is 3.31. The molecule has 0 fully saturated rings. The highest BCUT2D eigenvalue weighted by Crippen LogP contribution is 2.34. The van der Waals surface area contributed by atoms with E-state index in [0.717, 1.165) is 30.2 Å². The molecule has 0 amide bonds. The van der Waals surface area contributed by atoms with Crippen molar-refractivity contribution < 1.29 is 0 Å². The second kappa shape index (κ2) is 5.90. The Morgan fingerprint density at radius 3 is 2.76 bits per heavy atom. The molecule has 0 saturated heterocycles. The second-order valence-electron chi connectivity index (χ2n) is 5.76. The van der Waals surface area contributed by atoms with Gasteiger partial charge in [0.2, 0.25) is 0 Å². The Morgan fingerprint density at radius 1 is 1.24 bits per heavy atom. The molecule has 0 bridgehead atoms. The van der Waals surface area contributed by atoms with Crippen LogP contribution in [0.2, 0.25) is 10.0 Å². The van der Waals surface area contributed by atoms with Crippen LogP contribution in [0, 0.1) is 0 Å². The topological polar surface area (TPSA) is 29.9 Å². The van der Waals surface area contributed by atoms with Crippen LogP contribution in [0.3, 0.4) is 0 Å². The number of fused-ring (bicyclic) bond motifs is 1. The van der Waals surface area contributed by atoms with Crippen molar-refractivity contribution in [3.63, 3.8) is 0 Å². The number of anilines is 1. The summed E-state index contributed by atoms with van der Waals surface area (Å²) in [7, 11) is 0. The minimum Gasteiger partial charge on any atom is -0.370 e. The molecule has 5 heteroatoms. The summed E-state index contributed by atoms with van der Waals surface area (Å²) in [5.74, 6) is 1.48. The van der Waals surface area contributed by atoms with Crippen molar-refractivity contribution in [2.75, 3.05) is 11.9 Å². The van der Waals surface area contributed by atoms with E-state index >= 15 is 0 Å². The molecule has 3 nitrogen and oxygen atoms in total. The molecule has 3 rings (SSSR count). The zero-order chi connectivity index (χ0) is 15.0. The van der Waals surface area contributed by atoms with Crippen molar-refractivity contribution in [1.82, 2.24) is 9.78 Å². The van der Waals surface area contributed by atoms with E-state index in [1.807, 2.05) is 16.8 Å². The highest BCUT2D eigenvalue weighted by Gasteiger charge is 2.23. The quantitative estimate of drug-likeness (QED) is 0.837. The normalized spacial score (nSPS) is 14.7. The zero-order valence-corrected chi connectivity index (χ0v) is 13.8. The van der Waals surface area contributed by atoms with Gasteiger partial charge in [-0.2, -0.15) is 5.10 Å². The van der Waals surface area contributed by atoms with Gasteiger partial charge in [-0.25, -0.2) is 4.68 Å². The molecule has 0 unspecified atom stereocenters. The second-order valence-corrected chi connectivity index (χ2v) is 6.60. The molecule has 1 aromatic heterocycles. The fourth-order valence-electron chi connectivity index (χ4n) is 2.82. The van der Waals surface area contributed by atoms with Gasteiger partial charge in [0.05, 0.1) is 16.4 Å². The third-order valence-electron chi connectivity index (χ3n) is 3.85. The van der Waals surface area contributed by atoms with E-state index in [1.165, 1.54) is 18.4 Å². The molecule has 1 N–H and O–H groups in total. The van der Waals surface area contributed by atoms with Gasteiger partial charge in [-0.15, -0.1) is 0 Å². The Labute approximate surface area is 135 Å². The molecule has 2 aromatic rings. The summed E-state index contributed by atoms with van der Waals surface area (Å²) < 4.78 is 1.94. The average Bonchev–Trinajstić information content (AvgIpc) is 2.63. The first kappa shape index (κ1) is 14.7. The number of hydrogen-bond acceptors (Lipinski definition) is 2. The lowest BCUT2D eigenvalue weighted by Crippen LogP contribution is -2.07. The monoisotopic (exact) mass is 323 g/mol. The molecule has 2 heterocycles. The first-order valence-corrected chi connectivity index (χ1v) is 8.14. The lowest BCUT2D eigenvalue weighted by molar-refractivity contribution is 0.731. The molecular weight excluding hydrogens is 305 g/mol. The van der Waals surface area contributed by atoms with Gasteiger partial charge in [0.15, 0.2) is 0 Å². The van der Waals surface area contributed by atoms with E-state index in [-0.39, 0.29) is 0 Å². The lowest BCUT2D eigenvalue weighted by Gasteiger charge is -2.11. The van der Waals surface area contributed by atoms with Crippen LogP contribution in [0.25, 0.3) is 5.69 Å². The highest BCUT2D eigenvalue weighted by molar-refractivity contribution is 6.35. The van der Waals surface area contributed by atoms with E-state index in [9.17, 15) is 0 Å². The third-order valence-corrected chi connectivity index (χ3v) is 4.38. The summed E-state index contributed by atoms with van der Waals surface area (Å²) in [5.41, 5.74) is 3.36. The van der Waals surface area contributed by atoms with Crippen molar-refractivity contribution in [1.29, 1.82) is 0 Å². The zero-order valence-electron chi connectivity index (χ0n) is 12.3. The molecule has 112 valence electrons. The predicted octanol–water partition coefficient (Wildman–Crippen LogP) is 5.05. The van der Waals surface area contributed by atoms with Gasteiger partial charge in [-0.05, 0) is 43.4 Å². The van der Waals surface area contributed by atoms with Gasteiger partial charge in [-0.3, -0.25) is 0 Å². The van der Waals surface area contributed by atoms with E-state index in [1.54, 1.807) is 6.07 Å². The molecule has 0 aliphatic carbocycles. The van der Waals surface area contributed by atoms with Crippen LogP contribution in [0.4, 0.5) is 5.82 Å². The van der Waals surface area contributed by atoms with E-state index in [0.29, 0.717) is 16.0 Å². The predicted molar refractivity (Wildman–Crippen MR) is 89.1 cm³/mol. The third kappa shape index (κ3) is 2.77. The van der Waals surface area contributed by atoms with Crippen molar-refractivity contribution in [2.24, 2.45) is 0 Å². The maximum Gasteiger partial charge on any atom is 0.133 e. The number of benzene rings is 1. The van der Waals surface area contributed by atoms with E-state index in [4.69, 9.17) is 28.3 Å². The number of halogens is 2. The van der Waals surface area contributed by atoms with Crippen LogP contribution >= 0.6 is 23.2 Å². The van der Waals surface area contributed by atoms with Crippen molar-refractivity contribution in [3.8, 4) is 5.69 Å². The van der Waals surface area contributed by atoms with Crippen LogP contribution in [0.5, 0.6) is 0 Å². The van der Waals surface area contributed by atoms with Crippen LogP contribution in [-0.4, -0.2) is 16.3 Å². The lowest BCUT2D eigenvalue weighted by atomic mass is 10.0. The largest absolute Gasteiger partial charge is 0.370 e. The number of aromatic nitrogens is 2. The van der Waals surface area contributed by atoms with Crippen LogP contribution in [0.15, 0.2) is 18.2 Å². The maximum absolute atomic E-state index is 6.36. The molecule has 1 aliphatic rings. The average molecular weight is 324 g/mol. The Kier molecular flexibility index (Phi) is 4.14. The molecule has 0 spiro atoms. The Morgan fingerprint density at radius 2 is 2.05 bits per heavy atom. The van der Waals surface area contributed by atoms with Gasteiger partial charge >= 0.3 is 0 Å². The van der Waals surface area contributed by atoms with Crippen LogP contribution in [0.1, 0.15) is 43.9 Å². The Bertz CT molecular complexity index is 662. The van der Waals surface area contributed by atoms with E-state index in [2.05, 4.69) is 19.2 Å². The summed E-state index contributed by atoms with van der Waals surface area (Å²) in [6.07, 6.45) is 3.45. The SMILES string of the molecule is CC(C)c1nn(-c2ccc(Cl)cc2Cl)c2c1CCCCN2. The molecule has 0 radical (unpaired) electrons. The molecule has 0 saturated carbocycles. The molecule has 0 atom stereocenters. The summed E-state index contributed by atoms with van der Waals surface area (Å²) in [5, 5.41) is 9.60. The number of nitrogens with one attached hydrogen (secondary N) is 1. The molecule has 1 aromatic carbocycles. The smallest absolute Gasteiger partial charge is 0.133 e. The Balaban J connectivity index is 2.18. The number of hydrogen-bond donors (Lipinski definition) is 1. The summed E-state index contributed by atoms with van der Waals surface area (Å²) >= 11 is 12.4. The molecular formula is C16H19Cl2N3. The number of nitrogens with zero attached hydrogens (tertiary/aromatic N) is 2. The number of rotatable bonds is 2. The van der Waals surface area contributed by atoms with Gasteiger partial charge in [0.1, 0.15) is 5.82 Å². The first-order valence-electron chi connectivity index (χ1n) is 7.39. The highest BCUT2D eigenvalue weighted by atomic mass is 35.5. The van der Waals surface area contributed by atoms with Gasteiger partial charge < -0.3 is 5.32 Å². The first-order chi connectivity index (χ1) is 10.1. The van der Waals surface area contributed by atoms with Gasteiger partial charge in [-0.1, -0.05) is 37.0 Å². The van der Waals surface area contributed by atoms with Crippen LogP contribution in [-0.2, 0) is 6.42 Å². The van der Waals surface area contributed by atoms with Gasteiger partial charge in [0.25, 0.3) is 0 Å². The minimum atomic E-state index is 0.394. The van der Waals surface area contributed by atoms with E-state index < -0.39 is 0 Å². The van der Waals surface area contributed by atoms with Crippen molar-refractivity contribution >= 4 is 29.0 Å². The summed E-state index contributed by atoms with van der Waals surface area (Å²) in [6, 6.07) is 5.54. The summed E-state index contributed by atoms with van der Waals surface area (Å²) in [4.78, 5) is 0. The van der Waals surface area contributed by atoms with Gasteiger partial charge in [0, 0.05) is 17.1 Å². The molecule has 1 aliphatic heterocycles. The summed E-state index contributed by atoms with van der Waals surface area (Å²) in [6.45, 7) is 5.34. The fraction of sp³-hybridized carbons (Fsp3) is 0.438. The van der Waals surface area contributed by atoms with Crippen molar-refractivity contribution in [2.45, 2.75) is 39.0 Å². The Hall–Kier alpha value is -1.19. The van der Waals surface area contributed by atoms with Crippen LogP contribution < -0.4 is 5.32 Å². The standard InChI is InChI=1S/C16H19Cl2N3/c1-10(2)15-12-5-3-4-8-19-16(12)21(20-15)14-7-6-11(17)9-13(14)18/h6-7,9-10,19H,3-5,8H2,1-2H3. The minimum absolute atomic E-state index is 0.394.